The fourth-order valence-corrected chi connectivity index (χ4v) is 14.6. The van der Waals surface area contributed by atoms with Crippen molar-refractivity contribution < 1.29 is 33.5 Å². The molecule has 3 aromatic carbocycles. The fraction of sp³-hybridized carbons (Fsp3) is 0.500. The van der Waals surface area contributed by atoms with E-state index < -0.39 is 34.8 Å². The lowest BCUT2D eigenvalue weighted by molar-refractivity contribution is -0.138. The molecule has 5 fully saturated rings. The number of fused-ring (bicyclic) bond motifs is 4. The third kappa shape index (κ3) is 10.9. The molecule has 5 saturated heterocycles. The number of piperazine rings is 2. The first-order valence-corrected chi connectivity index (χ1v) is 30.2. The largest absolute Gasteiger partial charge is 0.508 e. The fourth-order valence-electron chi connectivity index (χ4n) is 13.8. The number of aromatic hydroxyl groups is 1. The second kappa shape index (κ2) is 23.2. The monoisotopic (exact) mass is 1130 g/mol. The normalized spacial score (nSPS) is 24.3. The molecule has 0 aliphatic carbocycles. The smallest absolute Gasteiger partial charge is 0.319 e. The van der Waals surface area contributed by atoms with Gasteiger partial charge in [-0.3, -0.25) is 19.9 Å². The maximum atomic E-state index is 17.4. The van der Waals surface area contributed by atoms with Crippen LogP contribution in [0.25, 0.3) is 43.4 Å². The SMILES string of the molecule is CCc1cccc2cc(O)cc(-c3ncc4c(N5CC6CCC(C5)N6)nc(OCCC5NCCC[C@H]5CC5CNCCN5c5cnoc5C(C)(C)CC(=O)[C@@]5(C(=O)N[C@@H](C)c6ccc(-c7scnc7C)cc6)CC(O)CN5)nc4c3F)c12. The second-order valence-corrected chi connectivity index (χ2v) is 24.9. The molecule has 9 heterocycles. The Hall–Kier alpha value is -6.68. The molecule has 0 radical (unpaired) electrons. The van der Waals surface area contributed by atoms with Crippen LogP contribution in [0.5, 0.6) is 11.8 Å². The summed E-state index contributed by atoms with van der Waals surface area (Å²) in [4.78, 5) is 53.8. The van der Waals surface area contributed by atoms with Crippen LogP contribution in [0, 0.1) is 18.7 Å². The van der Waals surface area contributed by atoms with E-state index >= 15 is 4.39 Å². The molecule has 7 aromatic rings. The Kier molecular flexibility index (Phi) is 15.8. The second-order valence-electron chi connectivity index (χ2n) is 24.1. The number of aromatic nitrogens is 5. The minimum Gasteiger partial charge on any atom is -0.508 e. The molecule has 2 bridgehead atoms. The number of halogens is 1. The number of aryl methyl sites for hydroxylation is 2. The van der Waals surface area contributed by atoms with Crippen LogP contribution < -0.4 is 41.1 Å². The average Bonchev–Trinajstić information content (AvgIpc) is 3.01. The first-order valence-electron chi connectivity index (χ1n) is 29.3. The lowest BCUT2D eigenvalue weighted by Gasteiger charge is -2.42. The van der Waals surface area contributed by atoms with Crippen LogP contribution in [0.15, 0.2) is 77.0 Å². The van der Waals surface area contributed by atoms with Gasteiger partial charge in [-0.2, -0.15) is 9.97 Å². The number of nitrogens with one attached hydrogen (secondary N) is 5. The van der Waals surface area contributed by atoms with Crippen molar-refractivity contribution in [1.82, 2.24) is 51.7 Å². The quantitative estimate of drug-likeness (QED) is 0.0406. The number of ether oxygens (including phenoxy) is 1. The van der Waals surface area contributed by atoms with Gasteiger partial charge in [0, 0.05) is 93.5 Å². The molecular weight excluding hydrogens is 1060 g/mol. The molecular formula is C62H75FN12O6S. The van der Waals surface area contributed by atoms with Gasteiger partial charge in [-0.25, -0.2) is 9.37 Å². The summed E-state index contributed by atoms with van der Waals surface area (Å²) < 4.78 is 30.0. The number of piperidine rings is 1. The number of phenolic OH excluding ortho intramolecular Hbond substituents is 1. The number of hydrogen-bond acceptors (Lipinski definition) is 18. The summed E-state index contributed by atoms with van der Waals surface area (Å²) in [5.74, 6) is 0.108. The highest BCUT2D eigenvalue weighted by molar-refractivity contribution is 7.13. The van der Waals surface area contributed by atoms with Crippen molar-refractivity contribution in [3.63, 3.8) is 0 Å². The van der Waals surface area contributed by atoms with E-state index in [1.807, 2.05) is 75.7 Å². The number of benzene rings is 3. The van der Waals surface area contributed by atoms with E-state index in [2.05, 4.69) is 53.4 Å². The van der Waals surface area contributed by atoms with Gasteiger partial charge >= 0.3 is 6.01 Å². The van der Waals surface area contributed by atoms with Crippen LogP contribution in [0.3, 0.4) is 0 Å². The lowest BCUT2D eigenvalue weighted by atomic mass is 9.77. The number of amides is 1. The maximum Gasteiger partial charge on any atom is 0.319 e. The van der Waals surface area contributed by atoms with E-state index in [-0.39, 0.29) is 66.1 Å². The minimum atomic E-state index is -1.64. The third-order valence-electron chi connectivity index (χ3n) is 18.0. The van der Waals surface area contributed by atoms with Crippen LogP contribution in [0.4, 0.5) is 15.9 Å². The van der Waals surface area contributed by atoms with Gasteiger partial charge < -0.3 is 50.5 Å². The molecule has 432 valence electrons. The molecule has 20 heteroatoms. The molecule has 0 spiro atoms. The topological polar surface area (TPSA) is 228 Å². The van der Waals surface area contributed by atoms with Crippen LogP contribution >= 0.6 is 11.3 Å². The number of Topliss-reactive ketones (excluding diaryl/α,β-unsaturated/α-hetero) is 1. The van der Waals surface area contributed by atoms with Crippen molar-refractivity contribution in [3.05, 3.63) is 101 Å². The molecule has 12 rings (SSSR count). The number of ketones is 1. The first-order chi connectivity index (χ1) is 39.7. The van der Waals surface area contributed by atoms with Crippen LogP contribution in [0.2, 0.25) is 0 Å². The van der Waals surface area contributed by atoms with E-state index in [1.54, 1.807) is 35.9 Å². The summed E-state index contributed by atoms with van der Waals surface area (Å²) >= 11 is 1.58. The van der Waals surface area contributed by atoms with Gasteiger partial charge in [0.25, 0.3) is 0 Å². The van der Waals surface area contributed by atoms with Crippen molar-refractivity contribution >= 4 is 56.2 Å². The van der Waals surface area contributed by atoms with Crippen LogP contribution in [-0.4, -0.2) is 135 Å². The van der Waals surface area contributed by atoms with Gasteiger partial charge in [-0.05, 0) is 111 Å². The first kappa shape index (κ1) is 55.8. The Balaban J connectivity index is 0.745. The molecule has 0 saturated carbocycles. The maximum absolute atomic E-state index is 17.4. The summed E-state index contributed by atoms with van der Waals surface area (Å²) in [5.41, 5.74) is 4.82. The predicted octanol–water partition coefficient (Wildman–Crippen LogP) is 7.83. The number of β-amino-alcohol motifs (C(OH)–C–C–N with tert-alkyl or cyclic N) is 1. The molecule has 8 atom stereocenters. The third-order valence-corrected chi connectivity index (χ3v) is 19.0. The van der Waals surface area contributed by atoms with Crippen molar-refractivity contribution in [2.24, 2.45) is 5.92 Å². The number of aliphatic hydroxyl groups excluding tert-OH is 1. The van der Waals surface area contributed by atoms with Gasteiger partial charge in [0.05, 0.1) is 46.4 Å². The Morgan fingerprint density at radius 3 is 2.61 bits per heavy atom. The standard InChI is InChI=1S/C62H75FN12O6S/c1-6-37-9-7-10-41-24-45(76)25-47(52(37)41)54-53(63)55-48(30-66-54)58(74-32-42-16-17-43(33-74)71-42)73-60(72-55)80-22-18-49-40(11-8-19-65-49)23-44-28-64-20-21-75(44)50-31-69-81-57(50)61(4,5)27-51(78)62(26-46(77)29-68-62)59(79)70-35(2)38-12-14-39(15-13-38)56-36(3)67-34-82-56/h7,9-10,12-15,24-25,30-31,34-35,40,42-44,46,49,64-65,68,71,76-77H,6,8,11,16-23,26-29,32-33H2,1-5H3,(H,70,79)/t35-,40-,42?,43?,44?,46?,49?,62+/m0/s1. The summed E-state index contributed by atoms with van der Waals surface area (Å²) in [7, 11) is 0. The Morgan fingerprint density at radius 2 is 1.85 bits per heavy atom. The molecule has 5 aliphatic rings. The van der Waals surface area contributed by atoms with Gasteiger partial charge in [0.15, 0.2) is 22.9 Å². The van der Waals surface area contributed by atoms with E-state index in [4.69, 9.17) is 24.2 Å². The molecule has 1 amide bonds. The highest BCUT2D eigenvalue weighted by Crippen LogP contribution is 2.42. The van der Waals surface area contributed by atoms with E-state index in [9.17, 15) is 19.8 Å². The number of pyridine rings is 1. The molecule has 82 heavy (non-hydrogen) atoms. The molecule has 4 aromatic heterocycles. The zero-order chi connectivity index (χ0) is 56.9. The summed E-state index contributed by atoms with van der Waals surface area (Å²) in [5, 5.41) is 45.6. The summed E-state index contributed by atoms with van der Waals surface area (Å²) in [6, 6.07) is 17.7. The number of phenols is 1. The summed E-state index contributed by atoms with van der Waals surface area (Å²) in [6.07, 6.45) is 8.91. The average molecular weight is 1140 g/mol. The van der Waals surface area contributed by atoms with Gasteiger partial charge in [-0.1, -0.05) is 68.4 Å². The van der Waals surface area contributed by atoms with Gasteiger partial charge in [0.2, 0.25) is 5.91 Å². The zero-order valence-electron chi connectivity index (χ0n) is 47.4. The van der Waals surface area contributed by atoms with Crippen LogP contribution in [0.1, 0.15) is 108 Å². The number of hydrogen-bond donors (Lipinski definition) is 7. The Labute approximate surface area is 481 Å². The molecule has 7 N–H and O–H groups in total. The number of nitrogens with zero attached hydrogens (tertiary/aromatic N) is 7. The summed E-state index contributed by atoms with van der Waals surface area (Å²) in [6.45, 7) is 14.8. The van der Waals surface area contributed by atoms with Crippen molar-refractivity contribution in [3.8, 4) is 33.5 Å². The predicted molar refractivity (Wildman–Crippen MR) is 316 cm³/mol. The minimum absolute atomic E-state index is 0.0303. The Bertz CT molecular complexity index is 3470. The highest BCUT2D eigenvalue weighted by atomic mass is 32.1. The van der Waals surface area contributed by atoms with Crippen LogP contribution in [-0.2, 0) is 21.4 Å². The van der Waals surface area contributed by atoms with E-state index in [0.717, 1.165) is 115 Å². The number of rotatable bonds is 18. The highest BCUT2D eigenvalue weighted by Gasteiger charge is 2.53. The van der Waals surface area contributed by atoms with Crippen molar-refractivity contribution in [2.45, 2.75) is 140 Å². The number of thiazole rings is 1. The number of aliphatic hydroxyl groups is 1. The Morgan fingerprint density at radius 1 is 1.04 bits per heavy atom. The number of carbonyl (C=O) groups excluding carboxylic acids is 2. The number of carbonyl (C=O) groups is 2. The zero-order valence-corrected chi connectivity index (χ0v) is 48.3. The van der Waals surface area contributed by atoms with Gasteiger partial charge in [-0.15, -0.1) is 11.3 Å². The van der Waals surface area contributed by atoms with Crippen molar-refractivity contribution in [1.29, 1.82) is 0 Å². The van der Waals surface area contributed by atoms with Crippen molar-refractivity contribution in [2.75, 3.05) is 62.2 Å². The molecule has 5 unspecified atom stereocenters. The van der Waals surface area contributed by atoms with E-state index in [0.29, 0.717) is 54.2 Å². The molecule has 5 aliphatic heterocycles. The number of anilines is 2. The molecule has 18 nitrogen and oxygen atoms in total. The van der Waals surface area contributed by atoms with Gasteiger partial charge in [0.1, 0.15) is 28.5 Å². The lowest BCUT2D eigenvalue weighted by Crippen LogP contribution is -2.60. The van der Waals surface area contributed by atoms with E-state index in [1.165, 1.54) is 0 Å².